The second-order valence-electron chi connectivity index (χ2n) is 4.13. The summed E-state index contributed by atoms with van der Waals surface area (Å²) in [5.41, 5.74) is 1.74. The maximum atomic E-state index is 10.9. The first kappa shape index (κ1) is 13.9. The lowest BCUT2D eigenvalue weighted by molar-refractivity contribution is 0.0697. The molecule has 2 rings (SSSR count). The number of aromatic carboxylic acids is 1. The highest BCUT2D eigenvalue weighted by Gasteiger charge is 2.20. The summed E-state index contributed by atoms with van der Waals surface area (Å²) in [4.78, 5) is 10.9. The Morgan fingerprint density at radius 1 is 1.35 bits per heavy atom. The van der Waals surface area contributed by atoms with E-state index in [-0.39, 0.29) is 5.56 Å². The molecular formula is C14H16N2O4. The Bertz CT molecular complexity index is 617. The number of ether oxygens (including phenoxy) is 2. The molecule has 6 heteroatoms. The molecule has 1 N–H and O–H groups in total. The second-order valence-corrected chi connectivity index (χ2v) is 4.13. The number of aryl methyl sites for hydroxylation is 1. The minimum atomic E-state index is -0.959. The van der Waals surface area contributed by atoms with Crippen molar-refractivity contribution in [3.63, 3.8) is 0 Å². The fourth-order valence-electron chi connectivity index (χ4n) is 1.98. The van der Waals surface area contributed by atoms with Crippen molar-refractivity contribution in [1.29, 1.82) is 0 Å². The van der Waals surface area contributed by atoms with Crippen LogP contribution in [0, 0.1) is 0 Å². The Kier molecular flexibility index (Phi) is 3.93. The lowest BCUT2D eigenvalue weighted by atomic mass is 10.1. The van der Waals surface area contributed by atoms with E-state index in [0.29, 0.717) is 23.9 Å². The number of rotatable bonds is 5. The van der Waals surface area contributed by atoms with Gasteiger partial charge >= 0.3 is 5.97 Å². The number of aromatic nitrogens is 2. The highest BCUT2D eigenvalue weighted by atomic mass is 16.5. The summed E-state index contributed by atoms with van der Waals surface area (Å²) < 4.78 is 12.4. The molecule has 2 aromatic rings. The Morgan fingerprint density at radius 3 is 2.50 bits per heavy atom. The Balaban J connectivity index is 2.52. The predicted octanol–water partition coefficient (Wildman–Crippen LogP) is 2.19. The zero-order valence-electron chi connectivity index (χ0n) is 11.6. The first-order valence-electron chi connectivity index (χ1n) is 6.16. The topological polar surface area (TPSA) is 73.6 Å². The van der Waals surface area contributed by atoms with Crippen molar-refractivity contribution in [2.45, 2.75) is 6.92 Å². The molecular weight excluding hydrogens is 260 g/mol. The number of carboxylic acid groups (broad SMARTS) is 1. The Morgan fingerprint density at radius 2 is 2.00 bits per heavy atom. The molecule has 6 nitrogen and oxygen atoms in total. The third-order valence-corrected chi connectivity index (χ3v) is 2.86. The molecule has 0 atom stereocenters. The third-order valence-electron chi connectivity index (χ3n) is 2.86. The number of methoxy groups -OCH3 is 1. The van der Waals surface area contributed by atoms with Gasteiger partial charge in [0.25, 0.3) is 0 Å². The molecule has 0 aliphatic heterocycles. The molecule has 0 unspecified atom stereocenters. The van der Waals surface area contributed by atoms with Crippen molar-refractivity contribution in [3.05, 3.63) is 29.8 Å². The zero-order chi connectivity index (χ0) is 14.7. The van der Waals surface area contributed by atoms with Crippen LogP contribution in [0.2, 0.25) is 0 Å². The summed E-state index contributed by atoms with van der Waals surface area (Å²) in [6.07, 6.45) is 0. The number of hydrogen-bond donors (Lipinski definition) is 1. The van der Waals surface area contributed by atoms with Crippen LogP contribution in [0.3, 0.4) is 0 Å². The lowest BCUT2D eigenvalue weighted by Gasteiger charge is -2.06. The van der Waals surface area contributed by atoms with Crippen LogP contribution in [0.4, 0.5) is 0 Å². The fourth-order valence-corrected chi connectivity index (χ4v) is 1.98. The summed E-state index contributed by atoms with van der Waals surface area (Å²) in [6.45, 7) is 2.36. The molecule has 0 saturated heterocycles. The minimum Gasteiger partial charge on any atom is -0.481 e. The van der Waals surface area contributed by atoms with Gasteiger partial charge < -0.3 is 14.6 Å². The standard InChI is InChI=1S/C14H16N2O4/c1-4-20-12-11(13(19-3)16(2)15-12)9-5-7-10(8-6-9)14(17)18/h5-8H,4H2,1-3H3,(H,17,18). The second kappa shape index (κ2) is 5.64. The summed E-state index contributed by atoms with van der Waals surface area (Å²) >= 11 is 0. The smallest absolute Gasteiger partial charge is 0.335 e. The monoisotopic (exact) mass is 276 g/mol. The first-order chi connectivity index (χ1) is 9.58. The molecule has 20 heavy (non-hydrogen) atoms. The third kappa shape index (κ3) is 2.45. The van der Waals surface area contributed by atoms with Crippen LogP contribution in [0.1, 0.15) is 17.3 Å². The lowest BCUT2D eigenvalue weighted by Crippen LogP contribution is -1.97. The van der Waals surface area contributed by atoms with Crippen molar-refractivity contribution < 1.29 is 19.4 Å². The van der Waals surface area contributed by atoms with Crippen LogP contribution in [0.15, 0.2) is 24.3 Å². The molecule has 106 valence electrons. The fraction of sp³-hybridized carbons (Fsp3) is 0.286. The molecule has 1 aromatic carbocycles. The van der Waals surface area contributed by atoms with E-state index in [1.165, 1.54) is 0 Å². The van der Waals surface area contributed by atoms with Gasteiger partial charge in [0.1, 0.15) is 5.56 Å². The van der Waals surface area contributed by atoms with E-state index in [4.69, 9.17) is 14.6 Å². The van der Waals surface area contributed by atoms with Crippen LogP contribution < -0.4 is 9.47 Å². The van der Waals surface area contributed by atoms with Gasteiger partial charge in [-0.05, 0) is 24.6 Å². The maximum absolute atomic E-state index is 10.9. The molecule has 0 bridgehead atoms. The van der Waals surface area contributed by atoms with Crippen LogP contribution in [0.5, 0.6) is 11.8 Å². The van der Waals surface area contributed by atoms with Gasteiger partial charge in [-0.25, -0.2) is 9.48 Å². The van der Waals surface area contributed by atoms with E-state index in [1.807, 2.05) is 6.92 Å². The van der Waals surface area contributed by atoms with E-state index in [9.17, 15) is 4.79 Å². The number of carboxylic acids is 1. The number of benzene rings is 1. The summed E-state index contributed by atoms with van der Waals surface area (Å²) in [7, 11) is 3.32. The van der Waals surface area contributed by atoms with Crippen molar-refractivity contribution in [1.82, 2.24) is 9.78 Å². The molecule has 1 aromatic heterocycles. The summed E-state index contributed by atoms with van der Waals surface area (Å²) in [5.74, 6) is 0.0752. The van der Waals surface area contributed by atoms with E-state index >= 15 is 0 Å². The first-order valence-corrected chi connectivity index (χ1v) is 6.16. The molecule has 0 aliphatic rings. The minimum absolute atomic E-state index is 0.231. The van der Waals surface area contributed by atoms with E-state index in [1.54, 1.807) is 43.1 Å². The molecule has 1 heterocycles. The van der Waals surface area contributed by atoms with E-state index < -0.39 is 5.97 Å². The quantitative estimate of drug-likeness (QED) is 0.906. The maximum Gasteiger partial charge on any atom is 0.335 e. The van der Waals surface area contributed by atoms with Gasteiger partial charge in [-0.2, -0.15) is 0 Å². The van der Waals surface area contributed by atoms with E-state index in [2.05, 4.69) is 5.10 Å². The molecule has 0 saturated carbocycles. The van der Waals surface area contributed by atoms with Gasteiger partial charge in [-0.1, -0.05) is 12.1 Å². The zero-order valence-corrected chi connectivity index (χ0v) is 11.6. The van der Waals surface area contributed by atoms with Gasteiger partial charge in [0, 0.05) is 7.05 Å². The van der Waals surface area contributed by atoms with Gasteiger partial charge in [0.15, 0.2) is 0 Å². The molecule has 0 fully saturated rings. The summed E-state index contributed by atoms with van der Waals surface area (Å²) in [5, 5.41) is 13.2. The normalized spacial score (nSPS) is 10.3. The highest BCUT2D eigenvalue weighted by Crippen LogP contribution is 2.37. The van der Waals surface area contributed by atoms with Crippen LogP contribution in [-0.4, -0.2) is 34.6 Å². The van der Waals surface area contributed by atoms with Gasteiger partial charge in [0.05, 0.1) is 19.3 Å². The van der Waals surface area contributed by atoms with Crippen molar-refractivity contribution in [2.75, 3.05) is 13.7 Å². The van der Waals surface area contributed by atoms with Crippen LogP contribution in [0.25, 0.3) is 11.1 Å². The number of carbonyl (C=O) groups is 1. The van der Waals surface area contributed by atoms with E-state index in [0.717, 1.165) is 5.56 Å². The van der Waals surface area contributed by atoms with Crippen LogP contribution in [-0.2, 0) is 7.05 Å². The average molecular weight is 276 g/mol. The van der Waals surface area contributed by atoms with Gasteiger partial charge in [-0.3, -0.25) is 0 Å². The Hall–Kier alpha value is -2.50. The van der Waals surface area contributed by atoms with Crippen molar-refractivity contribution in [3.8, 4) is 22.9 Å². The molecule has 0 amide bonds. The predicted molar refractivity (Wildman–Crippen MR) is 73.3 cm³/mol. The number of nitrogens with zero attached hydrogens (tertiary/aromatic N) is 2. The SMILES string of the molecule is CCOc1nn(C)c(OC)c1-c1ccc(C(=O)O)cc1. The van der Waals surface area contributed by atoms with Crippen molar-refractivity contribution >= 4 is 5.97 Å². The summed E-state index contributed by atoms with van der Waals surface area (Å²) in [6, 6.07) is 6.51. The molecule has 0 spiro atoms. The highest BCUT2D eigenvalue weighted by molar-refractivity contribution is 5.88. The molecule has 0 radical (unpaired) electrons. The van der Waals surface area contributed by atoms with Gasteiger partial charge in [0.2, 0.25) is 11.8 Å². The largest absolute Gasteiger partial charge is 0.481 e. The van der Waals surface area contributed by atoms with Crippen molar-refractivity contribution in [2.24, 2.45) is 7.05 Å². The molecule has 0 aliphatic carbocycles. The Labute approximate surface area is 116 Å². The van der Waals surface area contributed by atoms with Crippen LogP contribution >= 0.6 is 0 Å². The van der Waals surface area contributed by atoms with Gasteiger partial charge in [-0.15, -0.1) is 5.10 Å². The number of hydrogen-bond acceptors (Lipinski definition) is 4. The average Bonchev–Trinajstić information content (AvgIpc) is 2.75.